The van der Waals surface area contributed by atoms with Crippen LogP contribution in [0.3, 0.4) is 0 Å². The van der Waals surface area contributed by atoms with E-state index in [1.165, 1.54) is 0 Å². The smallest absolute Gasteiger partial charge is 0.269 e. The molecule has 0 aliphatic carbocycles. The van der Waals surface area contributed by atoms with Gasteiger partial charge in [0.05, 0.1) is 21.1 Å². The number of phosphoric ester groups is 1. The predicted octanol–water partition coefficient (Wildman–Crippen LogP) is -0.873. The highest BCUT2D eigenvalue weighted by atomic mass is 31.2. The molecule has 0 radical (unpaired) electrons. The Hall–Kier alpha value is 0.0700. The van der Waals surface area contributed by atoms with Gasteiger partial charge in [0.2, 0.25) is 0 Å². The maximum Gasteiger partial charge on any atom is 0.269 e. The number of rotatable bonds is 3. The quantitative estimate of drug-likeness (QED) is 0.338. The van der Waals surface area contributed by atoms with Gasteiger partial charge < -0.3 is 14.3 Å². The molecule has 0 rings (SSSR count). The monoisotopic (exact) mass is 169 g/mol. The van der Waals surface area contributed by atoms with Crippen molar-refractivity contribution in [1.82, 2.24) is 0 Å². The minimum absolute atomic E-state index is 0.0583. The van der Waals surface area contributed by atoms with Crippen LogP contribution in [0.2, 0.25) is 0 Å². The van der Waals surface area contributed by atoms with Gasteiger partial charge in [0.25, 0.3) is 7.82 Å². The number of nitrogens with zero attached hydrogens (tertiary/aromatic N) is 1. The first-order valence-corrected chi connectivity index (χ1v) is 4.19. The van der Waals surface area contributed by atoms with Crippen LogP contribution in [-0.4, -0.2) is 37.3 Å². The second-order valence-electron chi connectivity index (χ2n) is 3.02. The molecule has 0 saturated heterocycles. The fourth-order valence-electron chi connectivity index (χ4n) is 0.246. The minimum Gasteiger partial charge on any atom is -0.756 e. The van der Waals surface area contributed by atoms with E-state index in [1.807, 2.05) is 0 Å². The molecule has 62 valence electrons. The molecule has 0 spiro atoms. The van der Waals surface area contributed by atoms with Crippen molar-refractivity contribution < 1.29 is 23.4 Å². The van der Waals surface area contributed by atoms with Crippen molar-refractivity contribution in [2.75, 3.05) is 27.9 Å². The Morgan fingerprint density at radius 3 is 2.10 bits per heavy atom. The van der Waals surface area contributed by atoms with Crippen LogP contribution in [0.15, 0.2) is 0 Å². The van der Waals surface area contributed by atoms with E-state index in [9.17, 15) is 9.46 Å². The Morgan fingerprint density at radius 1 is 1.60 bits per heavy atom. The number of phosphoric acid groups is 1. The molecular weight excluding hydrogens is 157 g/mol. The zero-order chi connectivity index (χ0) is 8.41. The first kappa shape index (κ1) is 10.1. The lowest BCUT2D eigenvalue weighted by molar-refractivity contribution is -0.887. The van der Waals surface area contributed by atoms with Crippen LogP contribution in [0.5, 0.6) is 0 Å². The van der Waals surface area contributed by atoms with Gasteiger partial charge in [0.15, 0.2) is 6.73 Å². The maximum atomic E-state index is 10.0. The zero-order valence-corrected chi connectivity index (χ0v) is 7.17. The second-order valence-corrected chi connectivity index (χ2v) is 4.21. The first-order valence-electron chi connectivity index (χ1n) is 2.69. The molecule has 0 aliphatic heterocycles. The minimum atomic E-state index is -4.53. The summed E-state index contributed by atoms with van der Waals surface area (Å²) in [5.74, 6) is 0. The number of quaternary nitrogens is 1. The first-order chi connectivity index (χ1) is 4.21. The summed E-state index contributed by atoms with van der Waals surface area (Å²) < 4.78 is 14.5. The van der Waals surface area contributed by atoms with E-state index >= 15 is 0 Å². The summed E-state index contributed by atoms with van der Waals surface area (Å²) >= 11 is 0. The van der Waals surface area contributed by atoms with Gasteiger partial charge >= 0.3 is 0 Å². The largest absolute Gasteiger partial charge is 0.756 e. The SMILES string of the molecule is C[N+](C)(C)COP(=O)([O-])O. The Bertz CT molecular complexity index is 146. The van der Waals surface area contributed by atoms with E-state index in [4.69, 9.17) is 4.89 Å². The second kappa shape index (κ2) is 2.98. The fourth-order valence-corrected chi connectivity index (χ4v) is 0.738. The molecule has 0 aromatic rings. The third kappa shape index (κ3) is 8.07. The van der Waals surface area contributed by atoms with Gasteiger partial charge in [-0.2, -0.15) is 0 Å². The van der Waals surface area contributed by atoms with Gasteiger partial charge in [-0.05, 0) is 0 Å². The molecule has 1 unspecified atom stereocenters. The maximum absolute atomic E-state index is 10.0. The molecule has 6 heteroatoms. The highest BCUT2D eigenvalue weighted by molar-refractivity contribution is 7.44. The van der Waals surface area contributed by atoms with E-state index in [-0.39, 0.29) is 6.73 Å². The molecular formula is C4H12NO4P. The molecule has 0 aromatic carbocycles. The molecule has 1 atom stereocenters. The van der Waals surface area contributed by atoms with Crippen LogP contribution >= 0.6 is 7.82 Å². The van der Waals surface area contributed by atoms with Gasteiger partial charge in [-0.3, -0.25) is 9.09 Å². The standard InChI is InChI=1S/C4H12NO4P/c1-5(2,3)4-9-10(6,7)8/h4H2,1-3H3,(H-,6,7,8). The van der Waals surface area contributed by atoms with Crippen LogP contribution in [0, 0.1) is 0 Å². The van der Waals surface area contributed by atoms with Gasteiger partial charge in [0, 0.05) is 0 Å². The van der Waals surface area contributed by atoms with Gasteiger partial charge in [-0.25, -0.2) is 0 Å². The number of hydrogen-bond acceptors (Lipinski definition) is 3. The number of hydrogen-bond donors (Lipinski definition) is 1. The third-order valence-electron chi connectivity index (χ3n) is 0.608. The molecule has 10 heavy (non-hydrogen) atoms. The van der Waals surface area contributed by atoms with Gasteiger partial charge in [-0.15, -0.1) is 0 Å². The predicted molar refractivity (Wildman–Crippen MR) is 33.8 cm³/mol. The summed E-state index contributed by atoms with van der Waals surface area (Å²) in [6.45, 7) is -0.0583. The average molecular weight is 169 g/mol. The zero-order valence-electron chi connectivity index (χ0n) is 6.27. The molecule has 0 aliphatic rings. The Kier molecular flexibility index (Phi) is 3.00. The molecule has 0 aromatic heterocycles. The normalized spacial score (nSPS) is 18.5. The Labute approximate surface area is 60.1 Å². The van der Waals surface area contributed by atoms with Crippen molar-refractivity contribution in [3.05, 3.63) is 0 Å². The van der Waals surface area contributed by atoms with Gasteiger partial charge in [0.1, 0.15) is 0 Å². The summed E-state index contributed by atoms with van der Waals surface area (Å²) in [5, 5.41) is 0. The van der Waals surface area contributed by atoms with E-state index in [1.54, 1.807) is 21.1 Å². The fraction of sp³-hybridized carbons (Fsp3) is 1.00. The topological polar surface area (TPSA) is 69.6 Å². The molecule has 0 heterocycles. The summed E-state index contributed by atoms with van der Waals surface area (Å²) in [6, 6.07) is 0. The van der Waals surface area contributed by atoms with Crippen molar-refractivity contribution in [2.45, 2.75) is 0 Å². The van der Waals surface area contributed by atoms with E-state index in [2.05, 4.69) is 4.52 Å². The molecule has 0 fully saturated rings. The lowest BCUT2D eigenvalue weighted by Crippen LogP contribution is -2.36. The van der Waals surface area contributed by atoms with Crippen LogP contribution < -0.4 is 4.89 Å². The highest BCUT2D eigenvalue weighted by Crippen LogP contribution is 2.30. The van der Waals surface area contributed by atoms with Crippen molar-refractivity contribution in [1.29, 1.82) is 0 Å². The van der Waals surface area contributed by atoms with Crippen molar-refractivity contribution in [3.8, 4) is 0 Å². The Morgan fingerprint density at radius 2 is 2.00 bits per heavy atom. The Balaban J connectivity index is 3.67. The summed E-state index contributed by atoms with van der Waals surface area (Å²) in [5.41, 5.74) is 0. The van der Waals surface area contributed by atoms with E-state index in [0.717, 1.165) is 0 Å². The van der Waals surface area contributed by atoms with E-state index in [0.29, 0.717) is 4.48 Å². The molecule has 1 N–H and O–H groups in total. The average Bonchev–Trinajstić information content (AvgIpc) is 1.57. The van der Waals surface area contributed by atoms with Crippen LogP contribution in [0.1, 0.15) is 0 Å². The molecule has 5 nitrogen and oxygen atoms in total. The molecule has 0 amide bonds. The van der Waals surface area contributed by atoms with Crippen molar-refractivity contribution >= 4 is 7.82 Å². The summed E-state index contributed by atoms with van der Waals surface area (Å²) in [7, 11) is 0.709. The lowest BCUT2D eigenvalue weighted by atomic mass is 10.7. The summed E-state index contributed by atoms with van der Waals surface area (Å²) in [4.78, 5) is 18.2. The van der Waals surface area contributed by atoms with Crippen LogP contribution in [-0.2, 0) is 9.09 Å². The van der Waals surface area contributed by atoms with Crippen LogP contribution in [0.25, 0.3) is 0 Å². The van der Waals surface area contributed by atoms with Gasteiger partial charge in [-0.1, -0.05) is 0 Å². The van der Waals surface area contributed by atoms with Crippen LogP contribution in [0.4, 0.5) is 0 Å². The lowest BCUT2D eigenvalue weighted by Gasteiger charge is -2.26. The molecule has 0 bridgehead atoms. The van der Waals surface area contributed by atoms with E-state index < -0.39 is 7.82 Å². The third-order valence-corrected chi connectivity index (χ3v) is 1.05. The van der Waals surface area contributed by atoms with Crippen molar-refractivity contribution in [2.24, 2.45) is 0 Å². The highest BCUT2D eigenvalue weighted by Gasteiger charge is 2.10. The molecule has 0 saturated carbocycles. The van der Waals surface area contributed by atoms with Crippen molar-refractivity contribution in [3.63, 3.8) is 0 Å². The summed E-state index contributed by atoms with van der Waals surface area (Å²) in [6.07, 6.45) is 0.